The Kier molecular flexibility index (Phi) is 13.3. The molecule has 0 saturated carbocycles. The molecule has 4 atom stereocenters. The Morgan fingerprint density at radius 1 is 0.842 bits per heavy atom. The summed E-state index contributed by atoms with van der Waals surface area (Å²) in [5.74, 6) is 0.0437. The van der Waals surface area contributed by atoms with E-state index in [1.54, 1.807) is 0 Å². The number of piperidine rings is 1. The number of nitrogens with one attached hydrogen (secondary N) is 3. The van der Waals surface area contributed by atoms with E-state index in [1.807, 2.05) is 71.3 Å². The first-order valence-corrected chi connectivity index (χ1v) is 20.4. The van der Waals surface area contributed by atoms with Crippen molar-refractivity contribution in [3.05, 3.63) is 130 Å². The number of amides is 2. The van der Waals surface area contributed by atoms with Gasteiger partial charge < -0.3 is 35.1 Å². The van der Waals surface area contributed by atoms with Crippen LogP contribution < -0.4 is 16.3 Å². The molecule has 11 nitrogen and oxygen atoms in total. The van der Waals surface area contributed by atoms with Gasteiger partial charge in [0.25, 0.3) is 0 Å². The molecule has 0 bridgehead atoms. The van der Waals surface area contributed by atoms with Crippen LogP contribution in [0.15, 0.2) is 102 Å². The number of unbranched alkanes of at least 4 members (excludes halogenated alkanes) is 2. The zero-order valence-electron chi connectivity index (χ0n) is 33.0. The van der Waals surface area contributed by atoms with Crippen molar-refractivity contribution in [1.82, 2.24) is 25.1 Å². The summed E-state index contributed by atoms with van der Waals surface area (Å²) in [6.07, 6.45) is 3.82. The van der Waals surface area contributed by atoms with Crippen molar-refractivity contribution < 1.29 is 24.2 Å². The van der Waals surface area contributed by atoms with Crippen LogP contribution in [-0.4, -0.2) is 63.7 Å². The van der Waals surface area contributed by atoms with Crippen molar-refractivity contribution in [2.45, 2.75) is 90.1 Å². The summed E-state index contributed by atoms with van der Waals surface area (Å²) in [6.45, 7) is 7.23. The number of para-hydroxylation sites is 2. The highest BCUT2D eigenvalue weighted by Gasteiger charge is 2.39. The van der Waals surface area contributed by atoms with Crippen molar-refractivity contribution in [3.63, 3.8) is 0 Å². The highest BCUT2D eigenvalue weighted by atomic mass is 16.7. The van der Waals surface area contributed by atoms with Gasteiger partial charge in [0, 0.05) is 63.6 Å². The van der Waals surface area contributed by atoms with E-state index in [0.29, 0.717) is 19.5 Å². The maximum Gasteiger partial charge on any atom is 0.326 e. The molecule has 3 heterocycles. The average Bonchev–Trinajstić information content (AvgIpc) is 3.58. The highest BCUT2D eigenvalue weighted by molar-refractivity contribution is 5.77. The number of aliphatic hydroxyl groups is 1. The number of fused-ring (bicyclic) bond motifs is 1. The molecule has 11 heteroatoms. The fraction of sp³-hybridized carbons (Fsp3) is 0.413. The SMILES string of the molecule is CC(=O)NCCCCCC(=O)NCc1ccccc1-c1ccc([C@H]2O[C@@H](CN3CCC(n4c(=O)[nH]c5ccccc54)CC3)[C@@H](C)[C@@H](c3ccc(CO)cc3)O2)cc1. The molecule has 4 N–H and O–H groups in total. The number of benzene rings is 4. The van der Waals surface area contributed by atoms with Crippen molar-refractivity contribution in [2.24, 2.45) is 5.92 Å². The molecule has 0 radical (unpaired) electrons. The number of H-pyrrole nitrogens is 1. The van der Waals surface area contributed by atoms with Crippen LogP contribution in [0, 0.1) is 5.92 Å². The van der Waals surface area contributed by atoms with Gasteiger partial charge in [-0.3, -0.25) is 14.2 Å². The van der Waals surface area contributed by atoms with E-state index in [0.717, 1.165) is 96.2 Å². The third-order valence-corrected chi connectivity index (χ3v) is 11.5. The maximum atomic E-state index is 12.9. The first-order chi connectivity index (χ1) is 27.8. The summed E-state index contributed by atoms with van der Waals surface area (Å²) < 4.78 is 15.5. The van der Waals surface area contributed by atoms with Crippen molar-refractivity contribution >= 4 is 22.8 Å². The molecule has 2 aliphatic heterocycles. The number of carbonyl (C=O) groups excluding carboxylic acids is 2. The zero-order chi connectivity index (χ0) is 39.7. The van der Waals surface area contributed by atoms with Gasteiger partial charge in [0.2, 0.25) is 11.8 Å². The molecule has 0 spiro atoms. The Labute approximate surface area is 334 Å². The van der Waals surface area contributed by atoms with Crippen molar-refractivity contribution in [3.8, 4) is 11.1 Å². The van der Waals surface area contributed by atoms with Crippen molar-refractivity contribution in [1.29, 1.82) is 0 Å². The second-order valence-corrected chi connectivity index (χ2v) is 15.5. The Balaban J connectivity index is 1.02. The van der Waals surface area contributed by atoms with E-state index < -0.39 is 6.29 Å². The number of likely N-dealkylation sites (tertiary alicyclic amines) is 1. The van der Waals surface area contributed by atoms with Gasteiger partial charge >= 0.3 is 5.69 Å². The maximum absolute atomic E-state index is 12.9. The van der Waals surface area contributed by atoms with Gasteiger partial charge in [0.05, 0.1) is 29.8 Å². The smallest absolute Gasteiger partial charge is 0.326 e. The minimum absolute atomic E-state index is 0.0136. The lowest BCUT2D eigenvalue weighted by Crippen LogP contribution is -2.47. The number of nitrogens with zero attached hydrogens (tertiary/aromatic N) is 2. The molecule has 300 valence electrons. The number of imidazole rings is 1. The largest absolute Gasteiger partial charge is 0.392 e. The number of ether oxygens (including phenoxy) is 2. The van der Waals surface area contributed by atoms with E-state index in [-0.39, 0.29) is 48.3 Å². The fourth-order valence-electron chi connectivity index (χ4n) is 8.29. The summed E-state index contributed by atoms with van der Waals surface area (Å²) in [6, 6.07) is 32.5. The van der Waals surface area contributed by atoms with Gasteiger partial charge in [0.15, 0.2) is 6.29 Å². The molecule has 2 amide bonds. The van der Waals surface area contributed by atoms with Gasteiger partial charge in [-0.25, -0.2) is 4.79 Å². The van der Waals surface area contributed by atoms with E-state index >= 15 is 0 Å². The van der Waals surface area contributed by atoms with E-state index in [9.17, 15) is 19.5 Å². The molecule has 4 aromatic carbocycles. The Morgan fingerprint density at radius 3 is 2.32 bits per heavy atom. The lowest BCUT2D eigenvalue weighted by atomic mass is 9.89. The van der Waals surface area contributed by atoms with Gasteiger partial charge in [-0.1, -0.05) is 98.3 Å². The summed E-state index contributed by atoms with van der Waals surface area (Å²) >= 11 is 0. The second-order valence-electron chi connectivity index (χ2n) is 15.5. The Morgan fingerprint density at radius 2 is 1.56 bits per heavy atom. The molecule has 5 aromatic rings. The Bertz CT molecular complexity index is 2150. The van der Waals surface area contributed by atoms with Crippen LogP contribution in [0.2, 0.25) is 0 Å². The first-order valence-electron chi connectivity index (χ1n) is 20.4. The lowest BCUT2D eigenvalue weighted by Gasteiger charge is -2.44. The third-order valence-electron chi connectivity index (χ3n) is 11.5. The molecular formula is C46H55N5O6. The molecule has 57 heavy (non-hydrogen) atoms. The second kappa shape index (κ2) is 18.9. The molecular weight excluding hydrogens is 719 g/mol. The topological polar surface area (TPSA) is 138 Å². The number of hydrogen-bond acceptors (Lipinski definition) is 7. The zero-order valence-corrected chi connectivity index (χ0v) is 33.0. The highest BCUT2D eigenvalue weighted by Crippen LogP contribution is 2.42. The molecule has 2 aliphatic rings. The predicted octanol–water partition coefficient (Wildman–Crippen LogP) is 6.93. The molecule has 2 saturated heterocycles. The molecule has 2 fully saturated rings. The number of aromatic amines is 1. The van der Waals surface area contributed by atoms with Crippen LogP contribution in [0.5, 0.6) is 0 Å². The van der Waals surface area contributed by atoms with Crippen LogP contribution in [0.3, 0.4) is 0 Å². The van der Waals surface area contributed by atoms with E-state index in [1.165, 1.54) is 6.92 Å². The molecule has 0 aliphatic carbocycles. The predicted molar refractivity (Wildman–Crippen MR) is 221 cm³/mol. The number of aromatic nitrogens is 2. The first kappa shape index (κ1) is 40.1. The summed E-state index contributed by atoms with van der Waals surface area (Å²) in [4.78, 5) is 42.1. The van der Waals surface area contributed by atoms with Gasteiger partial charge in [0.1, 0.15) is 0 Å². The van der Waals surface area contributed by atoms with Crippen LogP contribution in [0.25, 0.3) is 22.2 Å². The van der Waals surface area contributed by atoms with Crippen LogP contribution in [0.1, 0.15) is 93.1 Å². The monoisotopic (exact) mass is 773 g/mol. The summed E-state index contributed by atoms with van der Waals surface area (Å²) in [7, 11) is 0. The normalized spacial score (nSPS) is 20.4. The van der Waals surface area contributed by atoms with Crippen LogP contribution >= 0.6 is 0 Å². The summed E-state index contributed by atoms with van der Waals surface area (Å²) in [5, 5.41) is 15.6. The Hall–Kier alpha value is -5.07. The van der Waals surface area contributed by atoms with E-state index in [2.05, 4.69) is 57.8 Å². The van der Waals surface area contributed by atoms with Gasteiger partial charge in [-0.2, -0.15) is 0 Å². The summed E-state index contributed by atoms with van der Waals surface area (Å²) in [5.41, 5.74) is 7.74. The number of hydrogen-bond donors (Lipinski definition) is 4. The lowest BCUT2D eigenvalue weighted by molar-refractivity contribution is -0.276. The fourth-order valence-corrected chi connectivity index (χ4v) is 8.29. The minimum Gasteiger partial charge on any atom is -0.392 e. The van der Waals surface area contributed by atoms with Crippen LogP contribution in [-0.2, 0) is 32.2 Å². The quantitative estimate of drug-likeness (QED) is 0.0848. The third kappa shape index (κ3) is 9.91. The van der Waals surface area contributed by atoms with E-state index in [4.69, 9.17) is 9.47 Å². The van der Waals surface area contributed by atoms with Gasteiger partial charge in [-0.15, -0.1) is 0 Å². The van der Waals surface area contributed by atoms with Crippen molar-refractivity contribution in [2.75, 3.05) is 26.2 Å². The van der Waals surface area contributed by atoms with Gasteiger partial charge in [-0.05, 0) is 65.6 Å². The average molecular weight is 774 g/mol. The van der Waals surface area contributed by atoms with Crippen LogP contribution in [0.4, 0.5) is 0 Å². The molecule has 0 unspecified atom stereocenters. The number of aliphatic hydroxyl groups excluding tert-OH is 1. The number of carbonyl (C=O) groups is 2. The minimum atomic E-state index is -0.585. The molecule has 1 aromatic heterocycles. The molecule has 7 rings (SSSR count). The number of rotatable bonds is 15. The standard InChI is InChI=1S/C46H55N5O6/c1-31-42(29-50-26-23-38(24-27-50)51-41-13-8-7-12-40(41)49-46(51)55)56-45(57-44(31)35-17-15-33(30-52)16-18-35)36-21-19-34(20-22-36)39-11-6-5-10-37(39)28-48-43(54)14-4-3-9-25-47-32(2)53/h5-8,10-13,15-22,31,38,42,44-45,52H,3-4,9,14,23-30H2,1-2H3,(H,47,53)(H,48,54)(H,49,55)/t31-,42+,44+,45+/m1/s1.